The number of benzene rings is 2. The van der Waals surface area contributed by atoms with Gasteiger partial charge in [-0.1, -0.05) is 36.4 Å². The van der Waals surface area contributed by atoms with Crippen molar-refractivity contribution in [3.05, 3.63) is 71.0 Å². The van der Waals surface area contributed by atoms with E-state index in [1.807, 2.05) is 24.3 Å². The monoisotopic (exact) mass is 489 g/mol. The van der Waals surface area contributed by atoms with E-state index in [0.717, 1.165) is 35.8 Å². The zero-order valence-corrected chi connectivity index (χ0v) is 19.7. The highest BCUT2D eigenvalue weighted by atomic mass is 32.2. The first-order valence-corrected chi connectivity index (χ1v) is 13.4. The van der Waals surface area contributed by atoms with Gasteiger partial charge in [0, 0.05) is 13.0 Å². The molecular formula is C25H28FNO6S. The third-order valence-corrected chi connectivity index (χ3v) is 7.14. The number of carbonyl (C=O) groups is 1. The highest BCUT2D eigenvalue weighted by Crippen LogP contribution is 2.37. The van der Waals surface area contributed by atoms with Crippen LogP contribution < -0.4 is 0 Å². The maximum absolute atomic E-state index is 13.7. The molecule has 1 saturated heterocycles. The molecule has 0 aromatic heterocycles. The molecule has 9 heteroatoms. The Bertz CT molecular complexity index is 1150. The van der Waals surface area contributed by atoms with E-state index in [4.69, 9.17) is 13.7 Å². The number of rotatable bonds is 6. The van der Waals surface area contributed by atoms with Gasteiger partial charge in [0.15, 0.2) is 0 Å². The minimum absolute atomic E-state index is 0.0809. The van der Waals surface area contributed by atoms with Crippen molar-refractivity contribution in [3.8, 4) is 0 Å². The summed E-state index contributed by atoms with van der Waals surface area (Å²) in [6.45, 7) is 0.552. The third kappa shape index (κ3) is 5.17. The summed E-state index contributed by atoms with van der Waals surface area (Å²) in [6.07, 6.45) is 1.52. The SMILES string of the molecule is CS(=O)(=O)O[C@H]1C[C@H](C(=O)N2CCc3ccccc3[C@@H]2c2ccc(F)cc2)OC[C@@H]1OC1CC1. The fourth-order valence-electron chi connectivity index (χ4n) is 4.82. The van der Waals surface area contributed by atoms with Gasteiger partial charge in [-0.25, -0.2) is 4.39 Å². The summed E-state index contributed by atoms with van der Waals surface area (Å²) in [5, 5.41) is 0. The first kappa shape index (κ1) is 23.4. The molecule has 5 rings (SSSR count). The predicted molar refractivity (Wildman–Crippen MR) is 122 cm³/mol. The van der Waals surface area contributed by atoms with Gasteiger partial charge in [0.05, 0.1) is 25.0 Å². The molecule has 0 radical (unpaired) electrons. The lowest BCUT2D eigenvalue weighted by Crippen LogP contribution is -2.53. The Hall–Kier alpha value is -2.33. The molecule has 1 aliphatic carbocycles. The summed E-state index contributed by atoms with van der Waals surface area (Å²) in [5.41, 5.74) is 2.93. The Balaban J connectivity index is 1.41. The number of hydrogen-bond acceptors (Lipinski definition) is 6. The molecule has 3 aliphatic rings. The lowest BCUT2D eigenvalue weighted by Gasteiger charge is -2.41. The van der Waals surface area contributed by atoms with E-state index in [-0.39, 0.29) is 30.9 Å². The maximum Gasteiger partial charge on any atom is 0.264 e. The number of halogens is 1. The van der Waals surface area contributed by atoms with Gasteiger partial charge in [-0.2, -0.15) is 8.42 Å². The molecule has 2 heterocycles. The van der Waals surface area contributed by atoms with E-state index in [0.29, 0.717) is 13.0 Å². The van der Waals surface area contributed by atoms with Gasteiger partial charge < -0.3 is 14.4 Å². The zero-order valence-electron chi connectivity index (χ0n) is 18.9. The third-order valence-electron chi connectivity index (χ3n) is 6.54. The van der Waals surface area contributed by atoms with Crippen molar-refractivity contribution in [2.45, 2.75) is 56.1 Å². The molecule has 7 nitrogen and oxygen atoms in total. The van der Waals surface area contributed by atoms with E-state index in [9.17, 15) is 17.6 Å². The molecular weight excluding hydrogens is 461 g/mol. The van der Waals surface area contributed by atoms with E-state index in [1.54, 1.807) is 17.0 Å². The summed E-state index contributed by atoms with van der Waals surface area (Å²) in [6, 6.07) is 13.7. The fraction of sp³-hybridized carbons (Fsp3) is 0.480. The Morgan fingerprint density at radius 1 is 1.09 bits per heavy atom. The summed E-state index contributed by atoms with van der Waals surface area (Å²) in [7, 11) is -3.74. The predicted octanol–water partition coefficient (Wildman–Crippen LogP) is 2.98. The van der Waals surface area contributed by atoms with E-state index in [2.05, 4.69) is 0 Å². The summed E-state index contributed by atoms with van der Waals surface area (Å²) < 4.78 is 54.5. The van der Waals surface area contributed by atoms with Crippen molar-refractivity contribution >= 4 is 16.0 Å². The van der Waals surface area contributed by atoms with Crippen molar-refractivity contribution < 1.29 is 31.3 Å². The number of hydrogen-bond donors (Lipinski definition) is 0. The number of fused-ring (bicyclic) bond motifs is 1. The van der Waals surface area contributed by atoms with Crippen LogP contribution in [-0.2, 0) is 35.0 Å². The zero-order chi connectivity index (χ0) is 23.9. The number of ether oxygens (including phenoxy) is 2. The molecule has 0 spiro atoms. The first-order valence-electron chi connectivity index (χ1n) is 11.6. The fourth-order valence-corrected chi connectivity index (χ4v) is 5.47. The Morgan fingerprint density at radius 3 is 2.53 bits per heavy atom. The van der Waals surface area contributed by atoms with Crippen LogP contribution in [0.3, 0.4) is 0 Å². The van der Waals surface area contributed by atoms with Crippen molar-refractivity contribution in [2.24, 2.45) is 0 Å². The van der Waals surface area contributed by atoms with Crippen LogP contribution in [0.15, 0.2) is 48.5 Å². The second-order valence-electron chi connectivity index (χ2n) is 9.20. The summed E-state index contributed by atoms with van der Waals surface area (Å²) in [5.74, 6) is -0.584. The van der Waals surface area contributed by atoms with E-state index in [1.165, 1.54) is 12.1 Å². The number of amides is 1. The molecule has 0 N–H and O–H groups in total. The topological polar surface area (TPSA) is 82.1 Å². The standard InChI is InChI=1S/C25H28FNO6S/c1-34(29,30)33-21-14-22(31-15-23(21)32-19-10-11-19)25(28)27-13-12-16-4-2-3-5-20(16)24(27)17-6-8-18(26)9-7-17/h2-9,19,21-24H,10-15H2,1H3/t21-,22+,23-,24-/m0/s1. The average Bonchev–Trinajstić information content (AvgIpc) is 3.63. The molecule has 0 bridgehead atoms. The minimum atomic E-state index is -3.74. The molecule has 34 heavy (non-hydrogen) atoms. The summed E-state index contributed by atoms with van der Waals surface area (Å²) in [4.78, 5) is 15.5. The second-order valence-corrected chi connectivity index (χ2v) is 10.8. The van der Waals surface area contributed by atoms with Crippen molar-refractivity contribution in [1.82, 2.24) is 4.90 Å². The number of carbonyl (C=O) groups excluding carboxylic acids is 1. The van der Waals surface area contributed by atoms with Crippen LogP contribution in [0.1, 0.15) is 42.0 Å². The quantitative estimate of drug-likeness (QED) is 0.581. The Kier molecular flexibility index (Phi) is 6.45. The van der Waals surface area contributed by atoms with Gasteiger partial charge in [0.1, 0.15) is 24.1 Å². The minimum Gasteiger partial charge on any atom is -0.370 e. The first-order chi connectivity index (χ1) is 16.3. The highest BCUT2D eigenvalue weighted by molar-refractivity contribution is 7.86. The Labute approximate surface area is 198 Å². The maximum atomic E-state index is 13.7. The van der Waals surface area contributed by atoms with Gasteiger partial charge in [0.2, 0.25) is 0 Å². The Morgan fingerprint density at radius 2 is 1.82 bits per heavy atom. The van der Waals surface area contributed by atoms with Crippen molar-refractivity contribution in [3.63, 3.8) is 0 Å². The second kappa shape index (κ2) is 9.37. The lowest BCUT2D eigenvalue weighted by atomic mass is 9.87. The largest absolute Gasteiger partial charge is 0.370 e. The van der Waals surface area contributed by atoms with Crippen molar-refractivity contribution in [1.29, 1.82) is 0 Å². The molecule has 2 fully saturated rings. The van der Waals surface area contributed by atoms with Crippen LogP contribution >= 0.6 is 0 Å². The molecule has 2 aromatic rings. The van der Waals surface area contributed by atoms with Gasteiger partial charge in [0.25, 0.3) is 16.0 Å². The van der Waals surface area contributed by atoms with Crippen molar-refractivity contribution in [2.75, 3.05) is 19.4 Å². The molecule has 2 aromatic carbocycles. The molecule has 0 unspecified atom stereocenters. The molecule has 182 valence electrons. The van der Waals surface area contributed by atoms with Crippen LogP contribution in [0.2, 0.25) is 0 Å². The van der Waals surface area contributed by atoms with Crippen LogP contribution in [-0.4, -0.2) is 63.0 Å². The smallest absolute Gasteiger partial charge is 0.264 e. The lowest BCUT2D eigenvalue weighted by molar-refractivity contribution is -0.170. The van der Waals surface area contributed by atoms with Gasteiger partial charge in [-0.3, -0.25) is 8.98 Å². The summed E-state index contributed by atoms with van der Waals surface area (Å²) >= 11 is 0. The van der Waals surface area contributed by atoms with Crippen LogP contribution in [0.4, 0.5) is 4.39 Å². The van der Waals surface area contributed by atoms with E-state index >= 15 is 0 Å². The van der Waals surface area contributed by atoms with Crippen LogP contribution in [0.25, 0.3) is 0 Å². The molecule has 4 atom stereocenters. The van der Waals surface area contributed by atoms with E-state index < -0.39 is 34.5 Å². The highest BCUT2D eigenvalue weighted by Gasteiger charge is 2.43. The molecule has 1 amide bonds. The van der Waals surface area contributed by atoms with Crippen LogP contribution in [0.5, 0.6) is 0 Å². The van der Waals surface area contributed by atoms with Crippen LogP contribution in [0, 0.1) is 5.82 Å². The van der Waals surface area contributed by atoms with Gasteiger partial charge >= 0.3 is 0 Å². The van der Waals surface area contributed by atoms with Gasteiger partial charge in [-0.15, -0.1) is 0 Å². The normalized spacial score (nSPS) is 27.3. The molecule has 2 aliphatic heterocycles. The average molecular weight is 490 g/mol. The molecule has 1 saturated carbocycles. The number of nitrogens with zero attached hydrogens (tertiary/aromatic N) is 1. The van der Waals surface area contributed by atoms with Gasteiger partial charge in [-0.05, 0) is 48.1 Å².